The Hall–Kier alpha value is -0.960. The summed E-state index contributed by atoms with van der Waals surface area (Å²) < 4.78 is 5.07. The molecule has 0 N–H and O–H groups in total. The fourth-order valence-electron chi connectivity index (χ4n) is 0.940. The molecule has 2 rings (SSSR count). The van der Waals surface area contributed by atoms with Crippen molar-refractivity contribution in [2.45, 2.75) is 13.0 Å². The van der Waals surface area contributed by atoms with E-state index in [0.717, 1.165) is 18.0 Å². The van der Waals surface area contributed by atoms with Crippen molar-refractivity contribution in [1.29, 1.82) is 0 Å². The number of rotatable bonds is 1. The molecule has 0 spiro atoms. The largest absolute Gasteiger partial charge is 0.366 e. The highest BCUT2D eigenvalue weighted by Gasteiger charge is 2.27. The number of epoxide rings is 1. The number of aromatic nitrogens is 2. The SMILES string of the molecule is Cc1nccnc1C1CO1. The summed E-state index contributed by atoms with van der Waals surface area (Å²) in [5.41, 5.74) is 1.97. The number of ether oxygens (including phenoxy) is 1. The Balaban J connectivity index is 2.39. The smallest absolute Gasteiger partial charge is 0.125 e. The van der Waals surface area contributed by atoms with E-state index in [4.69, 9.17) is 4.74 Å². The summed E-state index contributed by atoms with van der Waals surface area (Å²) in [6.45, 7) is 2.75. The monoisotopic (exact) mass is 136 g/mol. The lowest BCUT2D eigenvalue weighted by molar-refractivity contribution is 0.410. The van der Waals surface area contributed by atoms with Crippen molar-refractivity contribution >= 4 is 0 Å². The molecule has 1 aromatic rings. The Morgan fingerprint density at radius 1 is 1.50 bits per heavy atom. The van der Waals surface area contributed by atoms with Crippen LogP contribution in [-0.2, 0) is 4.74 Å². The molecule has 10 heavy (non-hydrogen) atoms. The Morgan fingerprint density at radius 2 is 2.20 bits per heavy atom. The van der Waals surface area contributed by atoms with Crippen molar-refractivity contribution in [3.63, 3.8) is 0 Å². The third-order valence-electron chi connectivity index (χ3n) is 1.56. The molecule has 0 amide bonds. The van der Waals surface area contributed by atoms with Gasteiger partial charge in [0.1, 0.15) is 6.10 Å². The summed E-state index contributed by atoms with van der Waals surface area (Å²) in [4.78, 5) is 8.25. The predicted octanol–water partition coefficient (Wildman–Crippen LogP) is 0.856. The highest BCUT2D eigenvalue weighted by molar-refractivity contribution is 5.14. The third-order valence-corrected chi connectivity index (χ3v) is 1.56. The van der Waals surface area contributed by atoms with Crippen molar-refractivity contribution < 1.29 is 4.74 Å². The molecule has 0 aliphatic carbocycles. The summed E-state index contributed by atoms with van der Waals surface area (Å²) in [6.07, 6.45) is 3.62. The summed E-state index contributed by atoms with van der Waals surface area (Å²) in [6, 6.07) is 0. The molecule has 0 radical (unpaired) electrons. The maximum atomic E-state index is 5.07. The minimum absolute atomic E-state index is 0.230. The Morgan fingerprint density at radius 3 is 2.80 bits per heavy atom. The lowest BCUT2D eigenvalue weighted by atomic mass is 10.2. The van der Waals surface area contributed by atoms with Gasteiger partial charge in [-0.05, 0) is 6.92 Å². The highest BCUT2D eigenvalue weighted by atomic mass is 16.6. The average Bonchev–Trinajstić information content (AvgIpc) is 2.71. The predicted molar refractivity (Wildman–Crippen MR) is 35.5 cm³/mol. The van der Waals surface area contributed by atoms with Gasteiger partial charge in [0.05, 0.1) is 18.0 Å². The van der Waals surface area contributed by atoms with Gasteiger partial charge in [-0.3, -0.25) is 9.97 Å². The van der Waals surface area contributed by atoms with Crippen LogP contribution in [0.2, 0.25) is 0 Å². The van der Waals surface area contributed by atoms with Gasteiger partial charge in [-0.1, -0.05) is 0 Å². The van der Waals surface area contributed by atoms with Crippen LogP contribution in [-0.4, -0.2) is 16.6 Å². The van der Waals surface area contributed by atoms with Crippen LogP contribution in [0, 0.1) is 6.92 Å². The topological polar surface area (TPSA) is 38.3 Å². The maximum absolute atomic E-state index is 5.07. The van der Waals surface area contributed by atoms with Crippen molar-refractivity contribution in [3.8, 4) is 0 Å². The zero-order valence-electron chi connectivity index (χ0n) is 5.74. The van der Waals surface area contributed by atoms with Crippen LogP contribution in [0.1, 0.15) is 17.5 Å². The van der Waals surface area contributed by atoms with E-state index in [1.807, 2.05) is 6.92 Å². The van der Waals surface area contributed by atoms with Gasteiger partial charge in [-0.25, -0.2) is 0 Å². The second-order valence-corrected chi connectivity index (χ2v) is 2.35. The fraction of sp³-hybridized carbons (Fsp3) is 0.429. The van der Waals surface area contributed by atoms with E-state index in [2.05, 4.69) is 9.97 Å². The van der Waals surface area contributed by atoms with Crippen LogP contribution in [0.3, 0.4) is 0 Å². The van der Waals surface area contributed by atoms with Crippen LogP contribution in [0.5, 0.6) is 0 Å². The second kappa shape index (κ2) is 2.02. The Bertz CT molecular complexity index is 245. The van der Waals surface area contributed by atoms with E-state index < -0.39 is 0 Å². The normalized spacial score (nSPS) is 22.7. The van der Waals surface area contributed by atoms with Crippen molar-refractivity contribution in [2.75, 3.05) is 6.61 Å². The van der Waals surface area contributed by atoms with Gasteiger partial charge < -0.3 is 4.74 Å². The number of aryl methyl sites for hydroxylation is 1. The van der Waals surface area contributed by atoms with Crippen LogP contribution >= 0.6 is 0 Å². The van der Waals surface area contributed by atoms with E-state index in [0.29, 0.717) is 0 Å². The van der Waals surface area contributed by atoms with Crippen molar-refractivity contribution in [1.82, 2.24) is 9.97 Å². The van der Waals surface area contributed by atoms with Crippen molar-refractivity contribution in [3.05, 3.63) is 23.8 Å². The van der Waals surface area contributed by atoms with Crippen LogP contribution in [0.15, 0.2) is 12.4 Å². The molecule has 1 aromatic heterocycles. The quantitative estimate of drug-likeness (QED) is 0.537. The third kappa shape index (κ3) is 0.885. The van der Waals surface area contributed by atoms with Crippen LogP contribution in [0.25, 0.3) is 0 Å². The van der Waals surface area contributed by atoms with E-state index in [9.17, 15) is 0 Å². The first-order valence-electron chi connectivity index (χ1n) is 3.27. The van der Waals surface area contributed by atoms with E-state index in [-0.39, 0.29) is 6.10 Å². The molecule has 2 heterocycles. The second-order valence-electron chi connectivity index (χ2n) is 2.35. The summed E-state index contributed by atoms with van der Waals surface area (Å²) in [5, 5.41) is 0. The maximum Gasteiger partial charge on any atom is 0.125 e. The fourth-order valence-corrected chi connectivity index (χ4v) is 0.940. The zero-order chi connectivity index (χ0) is 6.97. The molecule has 1 aliphatic heterocycles. The molecule has 1 aliphatic rings. The molecule has 0 aromatic carbocycles. The lowest BCUT2D eigenvalue weighted by Gasteiger charge is -1.96. The molecule has 1 unspecified atom stereocenters. The van der Waals surface area contributed by atoms with Gasteiger partial charge in [0, 0.05) is 12.4 Å². The van der Waals surface area contributed by atoms with Gasteiger partial charge >= 0.3 is 0 Å². The molecule has 1 saturated heterocycles. The molecule has 3 nitrogen and oxygen atoms in total. The Labute approximate surface area is 59.1 Å². The summed E-state index contributed by atoms with van der Waals surface area (Å²) >= 11 is 0. The van der Waals surface area contributed by atoms with Crippen LogP contribution < -0.4 is 0 Å². The lowest BCUT2D eigenvalue weighted by Crippen LogP contribution is -1.93. The molecule has 0 saturated carbocycles. The molecule has 3 heteroatoms. The first-order chi connectivity index (χ1) is 4.88. The summed E-state index contributed by atoms with van der Waals surface area (Å²) in [7, 11) is 0. The van der Waals surface area contributed by atoms with Gasteiger partial charge in [-0.15, -0.1) is 0 Å². The molecular formula is C7H8N2O. The molecule has 52 valence electrons. The van der Waals surface area contributed by atoms with Crippen molar-refractivity contribution in [2.24, 2.45) is 0 Å². The molecular weight excluding hydrogens is 128 g/mol. The number of nitrogens with zero attached hydrogens (tertiary/aromatic N) is 2. The molecule has 1 atom stereocenters. The zero-order valence-corrected chi connectivity index (χ0v) is 5.74. The summed E-state index contributed by atoms with van der Waals surface area (Å²) in [5.74, 6) is 0. The van der Waals surface area contributed by atoms with Gasteiger partial charge in [0.15, 0.2) is 0 Å². The minimum Gasteiger partial charge on any atom is -0.366 e. The average molecular weight is 136 g/mol. The molecule has 0 bridgehead atoms. The van der Waals surface area contributed by atoms with Crippen LogP contribution in [0.4, 0.5) is 0 Å². The Kier molecular flexibility index (Phi) is 1.17. The van der Waals surface area contributed by atoms with Gasteiger partial charge in [-0.2, -0.15) is 0 Å². The minimum atomic E-state index is 0.230. The van der Waals surface area contributed by atoms with E-state index >= 15 is 0 Å². The molecule has 1 fully saturated rings. The van der Waals surface area contributed by atoms with E-state index in [1.165, 1.54) is 0 Å². The highest BCUT2D eigenvalue weighted by Crippen LogP contribution is 2.28. The number of hydrogen-bond donors (Lipinski definition) is 0. The van der Waals surface area contributed by atoms with Gasteiger partial charge in [0.2, 0.25) is 0 Å². The first kappa shape index (κ1) is 5.80. The van der Waals surface area contributed by atoms with Gasteiger partial charge in [0.25, 0.3) is 0 Å². The number of hydrogen-bond acceptors (Lipinski definition) is 3. The standard InChI is InChI=1S/C7H8N2O/c1-5-7(6-4-10-6)9-3-2-8-5/h2-3,6H,4H2,1H3. The first-order valence-corrected chi connectivity index (χ1v) is 3.27. The van der Waals surface area contributed by atoms with E-state index in [1.54, 1.807) is 12.4 Å².